The molecule has 2 aromatic rings. The molecule has 2 heterocycles. The Morgan fingerprint density at radius 1 is 1.40 bits per heavy atom. The van der Waals surface area contributed by atoms with Gasteiger partial charge in [-0.2, -0.15) is 0 Å². The first-order chi connectivity index (χ1) is 11.9. The predicted octanol–water partition coefficient (Wildman–Crippen LogP) is 3.86. The maximum Gasteiger partial charge on any atom is 0.410 e. The Morgan fingerprint density at radius 2 is 2.16 bits per heavy atom. The number of nitrogens with zero attached hydrogens (tertiary/aromatic N) is 1. The number of piperidine rings is 1. The lowest BCUT2D eigenvalue weighted by Gasteiger charge is -2.37. The van der Waals surface area contributed by atoms with E-state index in [2.05, 4.69) is 29.4 Å². The zero-order valence-corrected chi connectivity index (χ0v) is 15.4. The fraction of sp³-hybridized carbons (Fsp3) is 0.550. The molecular formula is C20H29N3O2. The van der Waals surface area contributed by atoms with Crippen LogP contribution in [0.15, 0.2) is 30.5 Å². The Morgan fingerprint density at radius 3 is 2.88 bits per heavy atom. The number of rotatable bonds is 3. The maximum absolute atomic E-state index is 12.4. The predicted molar refractivity (Wildman–Crippen MR) is 101 cm³/mol. The molecule has 1 aliphatic rings. The third-order valence-corrected chi connectivity index (χ3v) is 4.95. The van der Waals surface area contributed by atoms with Gasteiger partial charge in [0.25, 0.3) is 0 Å². The molecule has 1 fully saturated rings. The van der Waals surface area contributed by atoms with Crippen molar-refractivity contribution in [2.75, 3.05) is 19.6 Å². The molecule has 1 aliphatic heterocycles. The van der Waals surface area contributed by atoms with Crippen LogP contribution in [0.2, 0.25) is 0 Å². The van der Waals surface area contributed by atoms with Gasteiger partial charge in [0.05, 0.1) is 0 Å². The van der Waals surface area contributed by atoms with E-state index in [9.17, 15) is 4.79 Å². The number of fused-ring (bicyclic) bond motifs is 1. The lowest BCUT2D eigenvalue weighted by molar-refractivity contribution is 0.0152. The molecule has 0 radical (unpaired) electrons. The Kier molecular flexibility index (Phi) is 5.04. The second kappa shape index (κ2) is 7.08. The molecular weight excluding hydrogens is 314 g/mol. The lowest BCUT2D eigenvalue weighted by atomic mass is 9.81. The minimum atomic E-state index is -0.464. The second-order valence-corrected chi connectivity index (χ2v) is 7.96. The number of hydrogen-bond donors (Lipinski definition) is 2. The van der Waals surface area contributed by atoms with Gasteiger partial charge >= 0.3 is 6.09 Å². The van der Waals surface area contributed by atoms with Crippen molar-refractivity contribution in [3.63, 3.8) is 0 Å². The Balaban J connectivity index is 1.78. The van der Waals surface area contributed by atoms with Crippen molar-refractivity contribution in [1.82, 2.24) is 9.88 Å². The van der Waals surface area contributed by atoms with Gasteiger partial charge in [0.1, 0.15) is 5.60 Å². The summed E-state index contributed by atoms with van der Waals surface area (Å²) in [5.74, 6) is 0.590. The fourth-order valence-corrected chi connectivity index (χ4v) is 3.80. The van der Waals surface area contributed by atoms with Crippen LogP contribution in [-0.2, 0) is 4.74 Å². The van der Waals surface area contributed by atoms with Crippen LogP contribution in [0.5, 0.6) is 0 Å². The summed E-state index contributed by atoms with van der Waals surface area (Å²) in [4.78, 5) is 17.6. The molecule has 1 saturated heterocycles. The molecule has 1 aromatic carbocycles. The second-order valence-electron chi connectivity index (χ2n) is 7.96. The van der Waals surface area contributed by atoms with E-state index >= 15 is 0 Å². The molecule has 0 spiro atoms. The molecule has 3 N–H and O–H groups in total. The number of carbonyl (C=O) groups excluding carboxylic acids is 1. The summed E-state index contributed by atoms with van der Waals surface area (Å²) in [5.41, 5.74) is 8.09. The number of nitrogens with one attached hydrogen (secondary N) is 1. The summed E-state index contributed by atoms with van der Waals surface area (Å²) in [6, 6.07) is 8.31. The highest BCUT2D eigenvalue weighted by molar-refractivity contribution is 5.83. The van der Waals surface area contributed by atoms with E-state index in [4.69, 9.17) is 10.5 Å². The number of hydrogen-bond acceptors (Lipinski definition) is 3. The number of aromatic nitrogens is 1. The summed E-state index contributed by atoms with van der Waals surface area (Å²) in [7, 11) is 0. The third-order valence-electron chi connectivity index (χ3n) is 4.95. The van der Waals surface area contributed by atoms with Gasteiger partial charge < -0.3 is 20.4 Å². The number of likely N-dealkylation sites (tertiary alicyclic amines) is 1. The van der Waals surface area contributed by atoms with Gasteiger partial charge in [0.2, 0.25) is 0 Å². The molecule has 5 nitrogen and oxygen atoms in total. The van der Waals surface area contributed by atoms with E-state index in [1.54, 1.807) is 0 Å². The van der Waals surface area contributed by atoms with Crippen molar-refractivity contribution in [3.8, 4) is 0 Å². The largest absolute Gasteiger partial charge is 0.444 e. The van der Waals surface area contributed by atoms with Gasteiger partial charge in [-0.05, 0) is 57.7 Å². The first-order valence-electron chi connectivity index (χ1n) is 9.13. The Labute approximate surface area is 149 Å². The SMILES string of the molecule is CC(C)(C)OC(=O)N1CCCC(C(CN)c2c[nH]c3ccccc23)C1. The number of carbonyl (C=O) groups is 1. The minimum Gasteiger partial charge on any atom is -0.444 e. The monoisotopic (exact) mass is 343 g/mol. The van der Waals surface area contributed by atoms with E-state index in [0.29, 0.717) is 19.0 Å². The van der Waals surface area contributed by atoms with Gasteiger partial charge in [0, 0.05) is 36.1 Å². The number of amides is 1. The molecule has 2 unspecified atom stereocenters. The van der Waals surface area contributed by atoms with Crippen molar-refractivity contribution in [2.24, 2.45) is 11.7 Å². The van der Waals surface area contributed by atoms with Gasteiger partial charge in [-0.25, -0.2) is 4.79 Å². The van der Waals surface area contributed by atoms with Crippen molar-refractivity contribution < 1.29 is 9.53 Å². The van der Waals surface area contributed by atoms with E-state index in [0.717, 1.165) is 24.9 Å². The highest BCUT2D eigenvalue weighted by atomic mass is 16.6. The maximum atomic E-state index is 12.4. The number of aromatic amines is 1. The average molecular weight is 343 g/mol. The molecule has 25 heavy (non-hydrogen) atoms. The quantitative estimate of drug-likeness (QED) is 0.889. The van der Waals surface area contributed by atoms with E-state index in [1.807, 2.05) is 31.7 Å². The highest BCUT2D eigenvalue weighted by Crippen LogP contribution is 2.35. The number of ether oxygens (including phenoxy) is 1. The highest BCUT2D eigenvalue weighted by Gasteiger charge is 2.32. The number of para-hydroxylation sites is 1. The number of H-pyrrole nitrogens is 1. The standard InChI is InChI=1S/C20H29N3O2/c1-20(2,3)25-19(24)23-10-6-7-14(13-23)16(11-21)17-12-22-18-9-5-4-8-15(17)18/h4-5,8-9,12,14,16,22H,6-7,10-11,13,21H2,1-3H3. The van der Waals surface area contributed by atoms with Crippen LogP contribution >= 0.6 is 0 Å². The molecule has 1 aromatic heterocycles. The number of nitrogens with two attached hydrogens (primary N) is 1. The minimum absolute atomic E-state index is 0.216. The van der Waals surface area contributed by atoms with Crippen LogP contribution in [0, 0.1) is 5.92 Å². The molecule has 0 aliphatic carbocycles. The molecule has 2 atom stereocenters. The lowest BCUT2D eigenvalue weighted by Crippen LogP contribution is -2.44. The van der Waals surface area contributed by atoms with Crippen LogP contribution in [0.4, 0.5) is 4.79 Å². The summed E-state index contributed by atoms with van der Waals surface area (Å²) in [5, 5.41) is 1.23. The van der Waals surface area contributed by atoms with Gasteiger partial charge in [-0.15, -0.1) is 0 Å². The Hall–Kier alpha value is -2.01. The average Bonchev–Trinajstić information content (AvgIpc) is 2.99. The van der Waals surface area contributed by atoms with Gasteiger partial charge in [-0.3, -0.25) is 0 Å². The van der Waals surface area contributed by atoms with Crippen molar-refractivity contribution >= 4 is 17.0 Å². The van der Waals surface area contributed by atoms with Crippen molar-refractivity contribution in [2.45, 2.75) is 45.1 Å². The summed E-state index contributed by atoms with van der Waals surface area (Å²) in [6.07, 6.45) is 3.94. The van der Waals surface area contributed by atoms with Crippen molar-refractivity contribution in [3.05, 3.63) is 36.0 Å². The number of benzene rings is 1. The van der Waals surface area contributed by atoms with E-state index in [-0.39, 0.29) is 12.0 Å². The van der Waals surface area contributed by atoms with Crippen LogP contribution < -0.4 is 5.73 Å². The van der Waals surface area contributed by atoms with Gasteiger partial charge in [-0.1, -0.05) is 18.2 Å². The summed E-state index contributed by atoms with van der Waals surface area (Å²) < 4.78 is 5.55. The van der Waals surface area contributed by atoms with Crippen molar-refractivity contribution in [1.29, 1.82) is 0 Å². The van der Waals surface area contributed by atoms with Gasteiger partial charge in [0.15, 0.2) is 0 Å². The summed E-state index contributed by atoms with van der Waals surface area (Å²) in [6.45, 7) is 7.75. The van der Waals surface area contributed by atoms with E-state index < -0.39 is 5.60 Å². The molecule has 3 rings (SSSR count). The first-order valence-corrected chi connectivity index (χ1v) is 9.13. The van der Waals surface area contributed by atoms with E-state index in [1.165, 1.54) is 10.9 Å². The molecule has 0 bridgehead atoms. The van der Waals surface area contributed by atoms with Crippen LogP contribution in [-0.4, -0.2) is 41.2 Å². The first kappa shape index (κ1) is 17.8. The molecule has 1 amide bonds. The smallest absolute Gasteiger partial charge is 0.410 e. The van der Waals surface area contributed by atoms with Crippen LogP contribution in [0.1, 0.15) is 45.1 Å². The molecule has 136 valence electrons. The molecule has 5 heteroatoms. The van der Waals surface area contributed by atoms with Crippen LogP contribution in [0.3, 0.4) is 0 Å². The Bertz CT molecular complexity index is 732. The zero-order valence-electron chi connectivity index (χ0n) is 15.4. The molecule has 0 saturated carbocycles. The summed E-state index contributed by atoms with van der Waals surface area (Å²) >= 11 is 0. The van der Waals surface area contributed by atoms with Crippen LogP contribution in [0.25, 0.3) is 10.9 Å². The topological polar surface area (TPSA) is 71.3 Å². The zero-order chi connectivity index (χ0) is 18.0. The fourth-order valence-electron chi connectivity index (χ4n) is 3.80. The third kappa shape index (κ3) is 3.98. The normalized spacial score (nSPS) is 19.8.